The number of nitrogens with zero attached hydrogens (tertiary/aromatic N) is 3. The summed E-state index contributed by atoms with van der Waals surface area (Å²) < 4.78 is 4.97. The Morgan fingerprint density at radius 2 is 2.25 bits per heavy atom. The predicted octanol–water partition coefficient (Wildman–Crippen LogP) is 2.21. The van der Waals surface area contributed by atoms with Crippen LogP contribution in [0.15, 0.2) is 12.3 Å². The normalized spacial score (nSPS) is 11.2. The zero-order valence-corrected chi connectivity index (χ0v) is 7.80. The number of fused-ring (bicyclic) bond motifs is 1. The minimum atomic E-state index is 0.469. The Morgan fingerprint density at radius 3 is 3.00 bits per heavy atom. The van der Waals surface area contributed by atoms with E-state index in [2.05, 4.69) is 34.5 Å². The highest BCUT2D eigenvalue weighted by atomic mass is 32.1. The fourth-order valence-corrected chi connectivity index (χ4v) is 1.59. The first-order valence-electron chi connectivity index (χ1n) is 3.85. The molecule has 62 valence electrons. The standard InChI is InChI=1S/C8H9N3S/c1-5(2)6-3-8-7(4-9-6)10-11-12-8/h3-5H,1-2H3. The number of hydrogen-bond acceptors (Lipinski definition) is 4. The van der Waals surface area contributed by atoms with Gasteiger partial charge in [-0.3, -0.25) is 4.98 Å². The maximum absolute atomic E-state index is 4.28. The van der Waals surface area contributed by atoms with Crippen LogP contribution in [-0.2, 0) is 0 Å². The van der Waals surface area contributed by atoms with Gasteiger partial charge >= 0.3 is 0 Å². The van der Waals surface area contributed by atoms with Crippen LogP contribution in [0.5, 0.6) is 0 Å². The van der Waals surface area contributed by atoms with Gasteiger partial charge in [0.05, 0.1) is 10.9 Å². The van der Waals surface area contributed by atoms with Gasteiger partial charge in [-0.25, -0.2) is 0 Å². The van der Waals surface area contributed by atoms with Gasteiger partial charge in [0.1, 0.15) is 5.52 Å². The molecule has 0 aliphatic heterocycles. The van der Waals surface area contributed by atoms with E-state index in [1.54, 1.807) is 6.20 Å². The van der Waals surface area contributed by atoms with Crippen LogP contribution >= 0.6 is 11.5 Å². The van der Waals surface area contributed by atoms with Gasteiger partial charge in [0.15, 0.2) is 0 Å². The molecule has 0 spiro atoms. The third kappa shape index (κ3) is 1.18. The lowest BCUT2D eigenvalue weighted by Crippen LogP contribution is -1.90. The summed E-state index contributed by atoms with van der Waals surface area (Å²) in [5, 5.41) is 3.93. The Labute approximate surface area is 74.6 Å². The Balaban J connectivity index is 2.60. The Bertz CT molecular complexity index is 394. The molecule has 3 nitrogen and oxygen atoms in total. The summed E-state index contributed by atoms with van der Waals surface area (Å²) in [7, 11) is 0. The number of pyridine rings is 1. The van der Waals surface area contributed by atoms with E-state index in [9.17, 15) is 0 Å². The van der Waals surface area contributed by atoms with Gasteiger partial charge < -0.3 is 0 Å². The monoisotopic (exact) mass is 179 g/mol. The minimum absolute atomic E-state index is 0.469. The third-order valence-electron chi connectivity index (χ3n) is 1.75. The molecule has 0 atom stereocenters. The lowest BCUT2D eigenvalue weighted by molar-refractivity contribution is 0.826. The average molecular weight is 179 g/mol. The number of aromatic nitrogens is 3. The fourth-order valence-electron chi connectivity index (χ4n) is 1.02. The summed E-state index contributed by atoms with van der Waals surface area (Å²) in [6.07, 6.45) is 1.79. The summed E-state index contributed by atoms with van der Waals surface area (Å²) in [6, 6.07) is 2.06. The summed E-state index contributed by atoms with van der Waals surface area (Å²) in [6.45, 7) is 4.26. The van der Waals surface area contributed by atoms with E-state index in [1.807, 2.05) is 0 Å². The quantitative estimate of drug-likeness (QED) is 0.673. The fraction of sp³-hybridized carbons (Fsp3) is 0.375. The van der Waals surface area contributed by atoms with Gasteiger partial charge in [-0.15, -0.1) is 5.10 Å². The van der Waals surface area contributed by atoms with Crippen molar-refractivity contribution in [3.8, 4) is 0 Å². The van der Waals surface area contributed by atoms with Gasteiger partial charge in [-0.2, -0.15) is 0 Å². The van der Waals surface area contributed by atoms with Crippen LogP contribution in [0, 0.1) is 0 Å². The van der Waals surface area contributed by atoms with Crippen molar-refractivity contribution in [2.45, 2.75) is 19.8 Å². The molecule has 0 amide bonds. The molecule has 0 N–H and O–H groups in total. The molecule has 12 heavy (non-hydrogen) atoms. The zero-order valence-electron chi connectivity index (χ0n) is 6.98. The zero-order chi connectivity index (χ0) is 8.55. The van der Waals surface area contributed by atoms with Crippen molar-refractivity contribution < 1.29 is 0 Å². The van der Waals surface area contributed by atoms with Crippen molar-refractivity contribution in [2.75, 3.05) is 0 Å². The molecule has 0 radical (unpaired) electrons. The van der Waals surface area contributed by atoms with Gasteiger partial charge in [0.2, 0.25) is 0 Å². The van der Waals surface area contributed by atoms with Crippen LogP contribution in [0.1, 0.15) is 25.5 Å². The second-order valence-corrected chi connectivity index (χ2v) is 3.79. The van der Waals surface area contributed by atoms with Crippen LogP contribution in [0.25, 0.3) is 10.2 Å². The highest BCUT2D eigenvalue weighted by Crippen LogP contribution is 2.19. The molecule has 0 saturated carbocycles. The summed E-state index contributed by atoms with van der Waals surface area (Å²) in [4.78, 5) is 4.28. The van der Waals surface area contributed by atoms with Crippen molar-refractivity contribution in [3.63, 3.8) is 0 Å². The molecular weight excluding hydrogens is 170 g/mol. The molecule has 0 aliphatic rings. The lowest BCUT2D eigenvalue weighted by atomic mass is 10.1. The average Bonchev–Trinajstić information content (AvgIpc) is 2.49. The van der Waals surface area contributed by atoms with Crippen molar-refractivity contribution in [3.05, 3.63) is 18.0 Å². The van der Waals surface area contributed by atoms with Gasteiger partial charge in [-0.1, -0.05) is 18.3 Å². The van der Waals surface area contributed by atoms with E-state index in [0.29, 0.717) is 5.92 Å². The highest BCUT2D eigenvalue weighted by molar-refractivity contribution is 7.12. The first kappa shape index (κ1) is 7.61. The van der Waals surface area contributed by atoms with E-state index in [1.165, 1.54) is 11.5 Å². The lowest BCUT2D eigenvalue weighted by Gasteiger charge is -2.01. The second kappa shape index (κ2) is 2.79. The van der Waals surface area contributed by atoms with Crippen molar-refractivity contribution in [2.24, 2.45) is 0 Å². The number of rotatable bonds is 1. The van der Waals surface area contributed by atoms with Crippen LogP contribution in [-0.4, -0.2) is 14.6 Å². The van der Waals surface area contributed by atoms with Crippen molar-refractivity contribution in [1.29, 1.82) is 0 Å². The first-order valence-corrected chi connectivity index (χ1v) is 4.62. The second-order valence-electron chi connectivity index (χ2n) is 3.00. The van der Waals surface area contributed by atoms with Crippen molar-refractivity contribution in [1.82, 2.24) is 14.6 Å². The molecule has 2 rings (SSSR count). The highest BCUT2D eigenvalue weighted by Gasteiger charge is 2.03. The van der Waals surface area contributed by atoms with Crippen LogP contribution in [0.2, 0.25) is 0 Å². The Hall–Kier alpha value is -1.03. The summed E-state index contributed by atoms with van der Waals surface area (Å²) in [5.41, 5.74) is 2.00. The minimum Gasteiger partial charge on any atom is -0.259 e. The van der Waals surface area contributed by atoms with E-state index < -0.39 is 0 Å². The van der Waals surface area contributed by atoms with Crippen LogP contribution in [0.3, 0.4) is 0 Å². The largest absolute Gasteiger partial charge is 0.259 e. The van der Waals surface area contributed by atoms with Crippen LogP contribution < -0.4 is 0 Å². The molecular formula is C8H9N3S. The van der Waals surface area contributed by atoms with E-state index in [-0.39, 0.29) is 0 Å². The Morgan fingerprint density at radius 1 is 1.42 bits per heavy atom. The SMILES string of the molecule is CC(C)c1cc2snnc2cn1. The topological polar surface area (TPSA) is 38.7 Å². The molecule has 0 unspecified atom stereocenters. The van der Waals surface area contributed by atoms with Gasteiger partial charge in [-0.05, 0) is 23.5 Å². The van der Waals surface area contributed by atoms with Crippen molar-refractivity contribution >= 4 is 21.7 Å². The molecule has 4 heteroatoms. The van der Waals surface area contributed by atoms with Gasteiger partial charge in [0, 0.05) is 5.69 Å². The van der Waals surface area contributed by atoms with Crippen LogP contribution in [0.4, 0.5) is 0 Å². The maximum atomic E-state index is 4.28. The molecule has 0 bridgehead atoms. The van der Waals surface area contributed by atoms with E-state index >= 15 is 0 Å². The molecule has 0 aromatic carbocycles. The van der Waals surface area contributed by atoms with E-state index in [0.717, 1.165) is 15.9 Å². The first-order chi connectivity index (χ1) is 5.77. The molecule has 0 aliphatic carbocycles. The maximum Gasteiger partial charge on any atom is 0.124 e. The smallest absolute Gasteiger partial charge is 0.124 e. The Kier molecular flexibility index (Phi) is 1.77. The van der Waals surface area contributed by atoms with Gasteiger partial charge in [0.25, 0.3) is 0 Å². The number of hydrogen-bond donors (Lipinski definition) is 0. The van der Waals surface area contributed by atoms with E-state index in [4.69, 9.17) is 0 Å². The predicted molar refractivity (Wildman–Crippen MR) is 49.3 cm³/mol. The molecule has 2 aromatic heterocycles. The molecule has 2 aromatic rings. The third-order valence-corrected chi connectivity index (χ3v) is 2.43. The molecule has 0 fully saturated rings. The molecule has 2 heterocycles. The summed E-state index contributed by atoms with van der Waals surface area (Å²) >= 11 is 1.42. The summed E-state index contributed by atoms with van der Waals surface area (Å²) in [5.74, 6) is 0.469. The molecule has 0 saturated heterocycles.